The van der Waals surface area contributed by atoms with Crippen LogP contribution in [0, 0.1) is 20.8 Å². The van der Waals surface area contributed by atoms with Crippen molar-refractivity contribution in [3.8, 4) is 0 Å². The zero-order valence-electron chi connectivity index (χ0n) is 15.7. The second-order valence-corrected chi connectivity index (χ2v) is 7.07. The summed E-state index contributed by atoms with van der Waals surface area (Å²) in [6.07, 6.45) is 4.42. The maximum Gasteiger partial charge on any atom is 0.110 e. The van der Waals surface area contributed by atoms with E-state index in [4.69, 9.17) is 10.7 Å². The molecule has 0 aliphatic rings. The third-order valence-corrected chi connectivity index (χ3v) is 5.14. The highest BCUT2D eigenvalue weighted by Gasteiger charge is 2.13. The fourth-order valence-electron chi connectivity index (χ4n) is 3.36. The molecule has 0 unspecified atom stereocenters. The van der Waals surface area contributed by atoms with E-state index < -0.39 is 0 Å². The van der Waals surface area contributed by atoms with Crippen molar-refractivity contribution in [2.75, 3.05) is 6.54 Å². The molecule has 3 heteroatoms. The van der Waals surface area contributed by atoms with Crippen molar-refractivity contribution >= 4 is 11.0 Å². The van der Waals surface area contributed by atoms with Crippen molar-refractivity contribution in [1.29, 1.82) is 0 Å². The molecule has 25 heavy (non-hydrogen) atoms. The molecule has 2 N–H and O–H groups in total. The average Bonchev–Trinajstić information content (AvgIpc) is 2.91. The quantitative estimate of drug-likeness (QED) is 0.637. The number of benzene rings is 2. The Labute approximate surface area is 150 Å². The second-order valence-electron chi connectivity index (χ2n) is 7.07. The summed E-state index contributed by atoms with van der Waals surface area (Å²) < 4.78 is 2.41. The average molecular weight is 335 g/mol. The van der Waals surface area contributed by atoms with Crippen LogP contribution in [-0.2, 0) is 13.0 Å². The lowest BCUT2D eigenvalue weighted by Crippen LogP contribution is -2.07. The largest absolute Gasteiger partial charge is 0.330 e. The van der Waals surface area contributed by atoms with Gasteiger partial charge in [0.05, 0.1) is 11.0 Å². The van der Waals surface area contributed by atoms with Crippen LogP contribution in [0.2, 0.25) is 0 Å². The molecule has 0 aliphatic heterocycles. The Morgan fingerprint density at radius 1 is 0.920 bits per heavy atom. The Morgan fingerprint density at radius 3 is 2.44 bits per heavy atom. The first-order valence-electron chi connectivity index (χ1n) is 9.31. The normalized spacial score (nSPS) is 11.4. The molecule has 3 aromatic rings. The highest BCUT2D eigenvalue weighted by atomic mass is 15.1. The first kappa shape index (κ1) is 17.7. The minimum Gasteiger partial charge on any atom is -0.330 e. The van der Waals surface area contributed by atoms with Crippen molar-refractivity contribution < 1.29 is 0 Å². The molecule has 0 saturated heterocycles. The summed E-state index contributed by atoms with van der Waals surface area (Å²) in [4.78, 5) is 4.97. The van der Waals surface area contributed by atoms with E-state index >= 15 is 0 Å². The number of aromatic nitrogens is 2. The molecule has 1 heterocycles. The second kappa shape index (κ2) is 7.83. The van der Waals surface area contributed by atoms with Gasteiger partial charge in [0.2, 0.25) is 0 Å². The number of nitrogens with zero attached hydrogens (tertiary/aromatic N) is 2. The topological polar surface area (TPSA) is 43.8 Å². The molecule has 0 fully saturated rings. The van der Waals surface area contributed by atoms with E-state index in [0.29, 0.717) is 0 Å². The highest BCUT2D eigenvalue weighted by Crippen LogP contribution is 2.24. The van der Waals surface area contributed by atoms with E-state index in [9.17, 15) is 0 Å². The number of aryl methyl sites for hydroxylation is 4. The Morgan fingerprint density at radius 2 is 1.68 bits per heavy atom. The Bertz CT molecular complexity index is 861. The van der Waals surface area contributed by atoms with Crippen LogP contribution < -0.4 is 5.73 Å². The van der Waals surface area contributed by atoms with Gasteiger partial charge in [0.15, 0.2) is 0 Å². The van der Waals surface area contributed by atoms with Gasteiger partial charge in [-0.05, 0) is 74.5 Å². The van der Waals surface area contributed by atoms with Crippen LogP contribution in [0.25, 0.3) is 11.0 Å². The monoisotopic (exact) mass is 335 g/mol. The zero-order chi connectivity index (χ0) is 17.8. The zero-order valence-corrected chi connectivity index (χ0v) is 15.7. The van der Waals surface area contributed by atoms with Crippen molar-refractivity contribution in [3.05, 3.63) is 64.5 Å². The molecular formula is C22H29N3. The highest BCUT2D eigenvalue weighted by molar-refractivity contribution is 5.78. The summed E-state index contributed by atoms with van der Waals surface area (Å²) in [6.45, 7) is 8.19. The van der Waals surface area contributed by atoms with Gasteiger partial charge in [-0.25, -0.2) is 4.98 Å². The molecule has 2 aromatic carbocycles. The van der Waals surface area contributed by atoms with Crippen LogP contribution in [0.15, 0.2) is 36.4 Å². The van der Waals surface area contributed by atoms with Gasteiger partial charge >= 0.3 is 0 Å². The molecule has 0 aliphatic carbocycles. The molecule has 3 nitrogen and oxygen atoms in total. The van der Waals surface area contributed by atoms with Gasteiger partial charge in [-0.15, -0.1) is 0 Å². The van der Waals surface area contributed by atoms with Gasteiger partial charge in [0.1, 0.15) is 5.82 Å². The predicted octanol–water partition coefficient (Wildman–Crippen LogP) is 4.68. The molecule has 0 spiro atoms. The standard InChI is InChI=1S/C22H29N3/c1-16-9-6-7-10-19(16)15-25-21-14-18(3)17(2)13-20(21)24-22(25)11-5-4-8-12-23/h6-7,9-10,13-14H,4-5,8,11-12,15,23H2,1-3H3. The van der Waals surface area contributed by atoms with Crippen molar-refractivity contribution in [2.24, 2.45) is 5.73 Å². The van der Waals surface area contributed by atoms with Crippen LogP contribution in [-0.4, -0.2) is 16.1 Å². The molecule has 0 bridgehead atoms. The first-order chi connectivity index (χ1) is 12.1. The number of hydrogen-bond donors (Lipinski definition) is 1. The lowest BCUT2D eigenvalue weighted by atomic mass is 10.1. The lowest BCUT2D eigenvalue weighted by Gasteiger charge is -2.12. The smallest absolute Gasteiger partial charge is 0.110 e. The minimum absolute atomic E-state index is 0.776. The van der Waals surface area contributed by atoms with Gasteiger partial charge in [-0.2, -0.15) is 0 Å². The molecule has 132 valence electrons. The van der Waals surface area contributed by atoms with Gasteiger partial charge in [-0.1, -0.05) is 30.7 Å². The summed E-state index contributed by atoms with van der Waals surface area (Å²) >= 11 is 0. The third kappa shape index (κ3) is 3.93. The minimum atomic E-state index is 0.776. The molecule has 3 rings (SSSR count). The van der Waals surface area contributed by atoms with E-state index in [0.717, 1.165) is 37.9 Å². The number of imidazole rings is 1. The van der Waals surface area contributed by atoms with Crippen LogP contribution in [0.4, 0.5) is 0 Å². The number of nitrogens with two attached hydrogens (primary N) is 1. The number of hydrogen-bond acceptors (Lipinski definition) is 2. The number of fused-ring (bicyclic) bond motifs is 1. The molecule has 1 aromatic heterocycles. The lowest BCUT2D eigenvalue weighted by molar-refractivity contribution is 0.643. The van der Waals surface area contributed by atoms with E-state index in [1.807, 2.05) is 0 Å². The van der Waals surface area contributed by atoms with Gasteiger partial charge in [-0.3, -0.25) is 0 Å². The Balaban J connectivity index is 1.99. The van der Waals surface area contributed by atoms with Gasteiger partial charge < -0.3 is 10.3 Å². The number of unbranched alkanes of at least 4 members (excludes halogenated alkanes) is 2. The molecule has 0 radical (unpaired) electrons. The third-order valence-electron chi connectivity index (χ3n) is 5.14. The van der Waals surface area contributed by atoms with E-state index in [2.05, 4.69) is 61.7 Å². The van der Waals surface area contributed by atoms with Crippen molar-refractivity contribution in [2.45, 2.75) is 53.0 Å². The van der Waals surface area contributed by atoms with Crippen LogP contribution in [0.3, 0.4) is 0 Å². The maximum absolute atomic E-state index is 5.63. The summed E-state index contributed by atoms with van der Waals surface area (Å²) in [5, 5.41) is 0. The van der Waals surface area contributed by atoms with Crippen LogP contribution >= 0.6 is 0 Å². The summed E-state index contributed by atoms with van der Waals surface area (Å²) in [6, 6.07) is 13.1. The predicted molar refractivity (Wildman–Crippen MR) is 106 cm³/mol. The fraction of sp³-hybridized carbons (Fsp3) is 0.409. The maximum atomic E-state index is 5.63. The SMILES string of the molecule is Cc1cc2nc(CCCCCN)n(Cc3ccccc3C)c2cc1C. The number of rotatable bonds is 7. The fourth-order valence-corrected chi connectivity index (χ4v) is 3.36. The van der Waals surface area contributed by atoms with E-state index in [-0.39, 0.29) is 0 Å². The van der Waals surface area contributed by atoms with Gasteiger partial charge in [0, 0.05) is 13.0 Å². The summed E-state index contributed by atoms with van der Waals surface area (Å²) in [5.74, 6) is 1.19. The molecule has 0 saturated carbocycles. The molecule has 0 amide bonds. The van der Waals surface area contributed by atoms with Gasteiger partial charge in [0.25, 0.3) is 0 Å². The Kier molecular flexibility index (Phi) is 5.54. The summed E-state index contributed by atoms with van der Waals surface area (Å²) in [5.41, 5.74) is 13.3. The van der Waals surface area contributed by atoms with Crippen LogP contribution in [0.1, 0.15) is 47.3 Å². The van der Waals surface area contributed by atoms with Crippen molar-refractivity contribution in [3.63, 3.8) is 0 Å². The van der Waals surface area contributed by atoms with Crippen molar-refractivity contribution in [1.82, 2.24) is 9.55 Å². The molecule has 0 atom stereocenters. The Hall–Kier alpha value is -2.13. The van der Waals surface area contributed by atoms with E-state index in [1.54, 1.807) is 0 Å². The molecular weight excluding hydrogens is 306 g/mol. The summed E-state index contributed by atoms with van der Waals surface area (Å²) in [7, 11) is 0. The van der Waals surface area contributed by atoms with Crippen LogP contribution in [0.5, 0.6) is 0 Å². The first-order valence-corrected chi connectivity index (χ1v) is 9.31. The van der Waals surface area contributed by atoms with E-state index in [1.165, 1.54) is 40.0 Å².